The van der Waals surface area contributed by atoms with Gasteiger partial charge in [0.15, 0.2) is 0 Å². The van der Waals surface area contributed by atoms with E-state index in [9.17, 15) is 9.59 Å². The Morgan fingerprint density at radius 3 is 2.19 bits per heavy atom. The maximum absolute atomic E-state index is 13.3. The first-order chi connectivity index (χ1) is 15.6. The predicted molar refractivity (Wildman–Crippen MR) is 129 cm³/mol. The average molecular weight is 440 g/mol. The molecule has 2 amide bonds. The molecule has 0 aliphatic rings. The lowest BCUT2D eigenvalue weighted by Gasteiger charge is -2.27. The quantitative estimate of drug-likeness (QED) is 0.441. The molecule has 2 rings (SSSR count). The fourth-order valence-electron chi connectivity index (χ4n) is 3.50. The maximum Gasteiger partial charge on any atom is 0.251 e. The van der Waals surface area contributed by atoms with Crippen LogP contribution in [0.4, 0.5) is 0 Å². The summed E-state index contributed by atoms with van der Waals surface area (Å²) in [4.78, 5) is 28.0. The molecule has 0 fully saturated rings. The smallest absolute Gasteiger partial charge is 0.251 e. The highest BCUT2D eigenvalue weighted by Gasteiger charge is 2.26. The summed E-state index contributed by atoms with van der Waals surface area (Å²) in [6.07, 6.45) is 2.19. The van der Waals surface area contributed by atoms with Gasteiger partial charge >= 0.3 is 0 Å². The first-order valence-corrected chi connectivity index (χ1v) is 11.7. The molecule has 0 spiro atoms. The Hall–Kier alpha value is -2.86. The molecule has 1 atom stereocenters. The number of benzene rings is 2. The molecule has 6 nitrogen and oxygen atoms in total. The molecule has 32 heavy (non-hydrogen) atoms. The highest BCUT2D eigenvalue weighted by molar-refractivity contribution is 5.97. The lowest BCUT2D eigenvalue weighted by atomic mass is 10.0. The Morgan fingerprint density at radius 2 is 1.59 bits per heavy atom. The molecule has 0 heterocycles. The monoisotopic (exact) mass is 439 g/mol. The Labute approximate surface area is 192 Å². The van der Waals surface area contributed by atoms with Crippen molar-refractivity contribution in [1.82, 2.24) is 15.5 Å². The summed E-state index contributed by atoms with van der Waals surface area (Å²) in [5.74, 6) is 0.519. The van der Waals surface area contributed by atoms with Crippen LogP contribution in [0.25, 0.3) is 0 Å². The van der Waals surface area contributed by atoms with Gasteiger partial charge in [-0.2, -0.15) is 0 Å². The number of hydrogen-bond donors (Lipinski definition) is 2. The van der Waals surface area contributed by atoms with Gasteiger partial charge in [0.05, 0.1) is 0 Å². The van der Waals surface area contributed by atoms with Crippen LogP contribution in [0, 0.1) is 0 Å². The summed E-state index contributed by atoms with van der Waals surface area (Å²) in [6, 6.07) is 16.1. The molecule has 2 aromatic carbocycles. The van der Waals surface area contributed by atoms with Gasteiger partial charge in [0.1, 0.15) is 18.4 Å². The van der Waals surface area contributed by atoms with E-state index in [0.29, 0.717) is 31.7 Å². The number of nitrogens with zero attached hydrogens (tertiary/aromatic N) is 1. The number of amides is 2. The highest BCUT2D eigenvalue weighted by atomic mass is 16.5. The van der Waals surface area contributed by atoms with Gasteiger partial charge in [-0.3, -0.25) is 9.59 Å². The Balaban J connectivity index is 2.12. The Kier molecular flexibility index (Phi) is 11.3. The molecule has 6 heteroatoms. The minimum atomic E-state index is -0.624. The number of carbonyl (C=O) groups excluding carboxylic acids is 2. The van der Waals surface area contributed by atoms with E-state index >= 15 is 0 Å². The minimum absolute atomic E-state index is 0.0380. The standard InChI is InChI=1S/C26H37N3O3/c1-4-17-29(18-5-2)26(31)24(28-25(30)22-10-8-7-9-11-22)20-21-12-14-23(15-13-21)32-19-16-27-6-3/h7-15,24,27H,4-6,16-20H2,1-3H3,(H,28,30)/t24-/m0/s1. The summed E-state index contributed by atoms with van der Waals surface area (Å²) in [5.41, 5.74) is 1.52. The molecule has 0 bridgehead atoms. The lowest BCUT2D eigenvalue weighted by Crippen LogP contribution is -2.50. The van der Waals surface area contributed by atoms with Crippen molar-refractivity contribution in [2.75, 3.05) is 32.8 Å². The van der Waals surface area contributed by atoms with Crippen LogP contribution in [0.5, 0.6) is 5.75 Å². The van der Waals surface area contributed by atoms with Gasteiger partial charge in [-0.25, -0.2) is 0 Å². The van der Waals surface area contributed by atoms with E-state index < -0.39 is 6.04 Å². The number of hydrogen-bond acceptors (Lipinski definition) is 4. The zero-order valence-corrected chi connectivity index (χ0v) is 19.6. The fraction of sp³-hybridized carbons (Fsp3) is 0.462. The molecular weight excluding hydrogens is 402 g/mol. The first kappa shape index (κ1) is 25.4. The van der Waals surface area contributed by atoms with E-state index in [1.54, 1.807) is 12.1 Å². The largest absolute Gasteiger partial charge is 0.492 e. The van der Waals surface area contributed by atoms with E-state index in [2.05, 4.69) is 31.4 Å². The van der Waals surface area contributed by atoms with Crippen LogP contribution in [-0.4, -0.2) is 55.5 Å². The van der Waals surface area contributed by atoms with Gasteiger partial charge in [-0.1, -0.05) is 51.1 Å². The second-order valence-electron chi connectivity index (χ2n) is 7.77. The summed E-state index contributed by atoms with van der Waals surface area (Å²) < 4.78 is 5.73. The fourth-order valence-corrected chi connectivity index (χ4v) is 3.50. The van der Waals surface area contributed by atoms with E-state index in [-0.39, 0.29) is 11.8 Å². The second kappa shape index (κ2) is 14.2. The average Bonchev–Trinajstić information content (AvgIpc) is 2.82. The molecule has 0 saturated carbocycles. The van der Waals surface area contributed by atoms with E-state index in [1.165, 1.54) is 0 Å². The topological polar surface area (TPSA) is 70.7 Å². The summed E-state index contributed by atoms with van der Waals surface area (Å²) in [5, 5.41) is 6.20. The van der Waals surface area contributed by atoms with Crippen LogP contribution in [0.15, 0.2) is 54.6 Å². The third-order valence-corrected chi connectivity index (χ3v) is 5.10. The zero-order chi connectivity index (χ0) is 23.2. The van der Waals surface area contributed by atoms with Crippen molar-refractivity contribution in [2.45, 2.75) is 46.1 Å². The minimum Gasteiger partial charge on any atom is -0.492 e. The van der Waals surface area contributed by atoms with E-state index in [0.717, 1.165) is 37.2 Å². The van der Waals surface area contributed by atoms with Crippen molar-refractivity contribution in [3.8, 4) is 5.75 Å². The molecule has 0 aliphatic carbocycles. The van der Waals surface area contributed by atoms with Gasteiger partial charge in [0.25, 0.3) is 5.91 Å². The molecule has 174 valence electrons. The molecule has 0 aromatic heterocycles. The number of rotatable bonds is 14. The van der Waals surface area contributed by atoms with Crippen LogP contribution in [0.2, 0.25) is 0 Å². The van der Waals surface area contributed by atoms with Gasteiger partial charge < -0.3 is 20.3 Å². The van der Waals surface area contributed by atoms with Crippen LogP contribution in [0.3, 0.4) is 0 Å². The number of likely N-dealkylation sites (N-methyl/N-ethyl adjacent to an activating group) is 1. The molecule has 2 N–H and O–H groups in total. The van der Waals surface area contributed by atoms with Crippen LogP contribution in [0.1, 0.15) is 49.5 Å². The lowest BCUT2D eigenvalue weighted by molar-refractivity contribution is -0.133. The van der Waals surface area contributed by atoms with Gasteiger partial charge in [0.2, 0.25) is 5.91 Å². The molecule has 0 radical (unpaired) electrons. The first-order valence-electron chi connectivity index (χ1n) is 11.7. The van der Waals surface area contributed by atoms with Gasteiger partial charge in [-0.15, -0.1) is 0 Å². The molecule has 0 saturated heterocycles. The van der Waals surface area contributed by atoms with Crippen molar-refractivity contribution in [3.63, 3.8) is 0 Å². The van der Waals surface area contributed by atoms with Crippen LogP contribution < -0.4 is 15.4 Å². The number of nitrogens with one attached hydrogen (secondary N) is 2. The predicted octanol–water partition coefficient (Wildman–Crippen LogP) is 3.66. The van der Waals surface area contributed by atoms with Gasteiger partial charge in [-0.05, 0) is 49.2 Å². The number of ether oxygens (including phenoxy) is 1. The van der Waals surface area contributed by atoms with Crippen molar-refractivity contribution in [2.24, 2.45) is 0 Å². The summed E-state index contributed by atoms with van der Waals surface area (Å²) in [6.45, 7) is 9.86. The van der Waals surface area contributed by atoms with Crippen molar-refractivity contribution in [3.05, 3.63) is 65.7 Å². The second-order valence-corrected chi connectivity index (χ2v) is 7.77. The van der Waals surface area contributed by atoms with Gasteiger partial charge in [0, 0.05) is 31.6 Å². The summed E-state index contributed by atoms with van der Waals surface area (Å²) >= 11 is 0. The number of carbonyl (C=O) groups is 2. The molecule has 2 aromatic rings. The van der Waals surface area contributed by atoms with E-state index in [1.807, 2.05) is 47.4 Å². The maximum atomic E-state index is 13.3. The third-order valence-electron chi connectivity index (χ3n) is 5.10. The van der Waals surface area contributed by atoms with Crippen LogP contribution in [-0.2, 0) is 11.2 Å². The Morgan fingerprint density at radius 1 is 0.938 bits per heavy atom. The summed E-state index contributed by atoms with van der Waals surface area (Å²) in [7, 11) is 0. The molecule has 0 aliphatic heterocycles. The zero-order valence-electron chi connectivity index (χ0n) is 19.6. The van der Waals surface area contributed by atoms with Crippen molar-refractivity contribution >= 4 is 11.8 Å². The van der Waals surface area contributed by atoms with Crippen molar-refractivity contribution in [1.29, 1.82) is 0 Å². The SMILES string of the molecule is CCCN(CCC)C(=O)[C@H](Cc1ccc(OCCNCC)cc1)NC(=O)c1ccccc1. The normalized spacial score (nSPS) is 11.6. The molecule has 0 unspecified atom stereocenters. The Bertz CT molecular complexity index is 803. The molecular formula is C26H37N3O3. The van der Waals surface area contributed by atoms with E-state index in [4.69, 9.17) is 4.74 Å². The van der Waals surface area contributed by atoms with Crippen LogP contribution >= 0.6 is 0 Å². The highest BCUT2D eigenvalue weighted by Crippen LogP contribution is 2.15. The van der Waals surface area contributed by atoms with Crippen molar-refractivity contribution < 1.29 is 14.3 Å². The third kappa shape index (κ3) is 8.35.